The summed E-state index contributed by atoms with van der Waals surface area (Å²) < 4.78 is 10.8. The quantitative estimate of drug-likeness (QED) is 0.901. The van der Waals surface area contributed by atoms with E-state index in [1.54, 1.807) is 7.11 Å². The van der Waals surface area contributed by atoms with Crippen LogP contribution in [0.15, 0.2) is 24.3 Å². The molecule has 0 saturated carbocycles. The molecule has 1 aromatic rings. The molecule has 5 nitrogen and oxygen atoms in total. The van der Waals surface area contributed by atoms with Gasteiger partial charge in [0.05, 0.1) is 7.11 Å². The van der Waals surface area contributed by atoms with Gasteiger partial charge in [-0.1, -0.05) is 18.2 Å². The molecule has 0 spiro atoms. The minimum absolute atomic E-state index is 0.103. The number of piperidine rings is 1. The Morgan fingerprint density at radius 1 is 1.32 bits per heavy atom. The lowest BCUT2D eigenvalue weighted by molar-refractivity contribution is 0.0490. The van der Waals surface area contributed by atoms with Gasteiger partial charge < -0.3 is 20.1 Å². The van der Waals surface area contributed by atoms with Crippen molar-refractivity contribution in [3.63, 3.8) is 0 Å². The van der Waals surface area contributed by atoms with Crippen molar-refractivity contribution < 1.29 is 14.3 Å². The van der Waals surface area contributed by atoms with E-state index in [9.17, 15) is 4.79 Å². The number of ether oxygens (including phenoxy) is 2. The number of carbonyl (C=O) groups excluding carboxylic acids is 1. The average Bonchev–Trinajstić information content (AvgIpc) is 2.45. The Balaban J connectivity index is 1.98. The van der Waals surface area contributed by atoms with Crippen LogP contribution >= 0.6 is 0 Å². The maximum absolute atomic E-state index is 11.9. The first-order chi connectivity index (χ1) is 10.4. The topological polar surface area (TPSA) is 59.6 Å². The van der Waals surface area contributed by atoms with Crippen LogP contribution in [0.5, 0.6) is 5.75 Å². The van der Waals surface area contributed by atoms with Gasteiger partial charge in [-0.25, -0.2) is 4.79 Å². The van der Waals surface area contributed by atoms with Crippen LogP contribution in [0.3, 0.4) is 0 Å². The smallest absolute Gasteiger partial charge is 0.407 e. The summed E-state index contributed by atoms with van der Waals surface area (Å²) in [5.41, 5.74) is 0.652. The van der Waals surface area contributed by atoms with Crippen molar-refractivity contribution >= 4 is 6.09 Å². The number of amides is 1. The van der Waals surface area contributed by atoms with E-state index in [2.05, 4.69) is 16.7 Å². The van der Waals surface area contributed by atoms with Gasteiger partial charge in [0.2, 0.25) is 0 Å². The maximum atomic E-state index is 11.9. The predicted octanol–water partition coefficient (Wildman–Crippen LogP) is 3.01. The molecule has 0 aliphatic carbocycles. The second kappa shape index (κ2) is 7.01. The molecule has 5 heteroatoms. The van der Waals surface area contributed by atoms with Crippen LogP contribution in [-0.4, -0.2) is 31.4 Å². The number of carbonyl (C=O) groups is 1. The van der Waals surface area contributed by atoms with Gasteiger partial charge >= 0.3 is 6.09 Å². The molecule has 1 heterocycles. The molecule has 0 aromatic heterocycles. The van der Waals surface area contributed by atoms with Gasteiger partial charge in [0, 0.05) is 17.6 Å². The fourth-order valence-electron chi connectivity index (χ4n) is 2.71. The molecule has 0 unspecified atom stereocenters. The molecular formula is C17H26N2O3. The maximum Gasteiger partial charge on any atom is 0.407 e. The van der Waals surface area contributed by atoms with Gasteiger partial charge in [-0.2, -0.15) is 0 Å². The number of alkyl carbamates (subject to hydrolysis) is 1. The van der Waals surface area contributed by atoms with Crippen molar-refractivity contribution in [3.8, 4) is 5.75 Å². The standard InChI is InChI=1S/C17H26N2O3/c1-17(2,3)22-16(20)19-12-9-10-18-14(11-12)13-7-5-6-8-15(13)21-4/h5-8,12,14,18H,9-11H2,1-4H3,(H,19,20)/t12-,14+/m1/s1. The zero-order valence-corrected chi connectivity index (χ0v) is 13.8. The molecule has 1 aliphatic rings. The van der Waals surface area contributed by atoms with Crippen molar-refractivity contribution in [2.45, 2.75) is 51.3 Å². The Bertz CT molecular complexity index is 511. The lowest BCUT2D eigenvalue weighted by Crippen LogP contribution is -2.45. The molecule has 2 N–H and O–H groups in total. The van der Waals surface area contributed by atoms with E-state index < -0.39 is 5.60 Å². The Morgan fingerprint density at radius 3 is 2.73 bits per heavy atom. The van der Waals surface area contributed by atoms with Crippen LogP contribution in [0, 0.1) is 0 Å². The molecule has 0 bridgehead atoms. The summed E-state index contributed by atoms with van der Waals surface area (Å²) in [7, 11) is 1.68. The summed E-state index contributed by atoms with van der Waals surface area (Å²) in [4.78, 5) is 11.9. The minimum atomic E-state index is -0.473. The Hall–Kier alpha value is -1.75. The van der Waals surface area contributed by atoms with Crippen LogP contribution in [0.4, 0.5) is 4.79 Å². The van der Waals surface area contributed by atoms with Gasteiger partial charge in [0.1, 0.15) is 11.4 Å². The van der Waals surface area contributed by atoms with Crippen molar-refractivity contribution in [2.24, 2.45) is 0 Å². The molecule has 0 radical (unpaired) electrons. The second-order valence-corrected chi connectivity index (χ2v) is 6.62. The highest BCUT2D eigenvalue weighted by atomic mass is 16.6. The van der Waals surface area contributed by atoms with E-state index in [0.29, 0.717) is 0 Å². The van der Waals surface area contributed by atoms with Crippen molar-refractivity contribution in [1.29, 1.82) is 0 Å². The van der Waals surface area contributed by atoms with Gasteiger partial charge in [-0.15, -0.1) is 0 Å². The van der Waals surface area contributed by atoms with E-state index in [1.807, 2.05) is 39.0 Å². The highest BCUT2D eigenvalue weighted by Crippen LogP contribution is 2.30. The van der Waals surface area contributed by atoms with Crippen LogP contribution in [0.2, 0.25) is 0 Å². The highest BCUT2D eigenvalue weighted by molar-refractivity contribution is 5.68. The van der Waals surface area contributed by atoms with Crippen LogP contribution in [0.25, 0.3) is 0 Å². The van der Waals surface area contributed by atoms with E-state index in [4.69, 9.17) is 9.47 Å². The molecule has 1 fully saturated rings. The summed E-state index contributed by atoms with van der Waals surface area (Å²) in [5, 5.41) is 6.46. The van der Waals surface area contributed by atoms with Gasteiger partial charge in [-0.05, 0) is 46.2 Å². The van der Waals surface area contributed by atoms with Crippen molar-refractivity contribution in [1.82, 2.24) is 10.6 Å². The molecule has 22 heavy (non-hydrogen) atoms. The Labute approximate surface area is 132 Å². The summed E-state index contributed by atoms with van der Waals surface area (Å²) in [6, 6.07) is 8.26. The molecule has 122 valence electrons. The summed E-state index contributed by atoms with van der Waals surface area (Å²) >= 11 is 0. The summed E-state index contributed by atoms with van der Waals surface area (Å²) in [5.74, 6) is 0.873. The molecule has 1 aliphatic heterocycles. The molecule has 1 amide bonds. The fourth-order valence-corrected chi connectivity index (χ4v) is 2.71. The van der Waals surface area contributed by atoms with E-state index >= 15 is 0 Å². The normalized spacial score (nSPS) is 22.0. The lowest BCUT2D eigenvalue weighted by atomic mass is 9.93. The average molecular weight is 306 g/mol. The first-order valence-electron chi connectivity index (χ1n) is 7.75. The largest absolute Gasteiger partial charge is 0.496 e. The monoisotopic (exact) mass is 306 g/mol. The molecular weight excluding hydrogens is 280 g/mol. The molecule has 1 aromatic carbocycles. The van der Waals surface area contributed by atoms with Crippen molar-refractivity contribution in [2.75, 3.05) is 13.7 Å². The predicted molar refractivity (Wildman–Crippen MR) is 86.1 cm³/mol. The number of methoxy groups -OCH3 is 1. The number of nitrogens with one attached hydrogen (secondary N) is 2. The van der Waals surface area contributed by atoms with Crippen LogP contribution < -0.4 is 15.4 Å². The fraction of sp³-hybridized carbons (Fsp3) is 0.588. The van der Waals surface area contributed by atoms with E-state index in [0.717, 1.165) is 30.7 Å². The first kappa shape index (κ1) is 16.6. The Morgan fingerprint density at radius 2 is 2.05 bits per heavy atom. The summed E-state index contributed by atoms with van der Waals surface area (Å²) in [6.45, 7) is 6.45. The highest BCUT2D eigenvalue weighted by Gasteiger charge is 2.27. The number of para-hydroxylation sites is 1. The first-order valence-corrected chi connectivity index (χ1v) is 7.75. The van der Waals surface area contributed by atoms with Gasteiger partial charge in [0.15, 0.2) is 0 Å². The SMILES string of the molecule is COc1ccccc1[C@@H]1C[C@H](NC(=O)OC(C)(C)C)CCN1. The number of benzene rings is 1. The number of hydrogen-bond acceptors (Lipinski definition) is 4. The Kier molecular flexibility index (Phi) is 5.29. The molecule has 1 saturated heterocycles. The third-order valence-corrected chi connectivity index (χ3v) is 3.64. The zero-order valence-electron chi connectivity index (χ0n) is 13.8. The van der Waals surface area contributed by atoms with Crippen LogP contribution in [0.1, 0.15) is 45.2 Å². The van der Waals surface area contributed by atoms with E-state index in [-0.39, 0.29) is 18.2 Å². The number of hydrogen-bond donors (Lipinski definition) is 2. The molecule has 2 rings (SSSR count). The second-order valence-electron chi connectivity index (χ2n) is 6.62. The number of rotatable bonds is 3. The lowest BCUT2D eigenvalue weighted by Gasteiger charge is -2.32. The summed E-state index contributed by atoms with van der Waals surface area (Å²) in [6.07, 6.45) is 1.36. The van der Waals surface area contributed by atoms with Gasteiger partial charge in [-0.3, -0.25) is 0 Å². The van der Waals surface area contributed by atoms with Gasteiger partial charge in [0.25, 0.3) is 0 Å². The molecule has 2 atom stereocenters. The van der Waals surface area contributed by atoms with Crippen molar-refractivity contribution in [3.05, 3.63) is 29.8 Å². The third kappa shape index (κ3) is 4.63. The van der Waals surface area contributed by atoms with E-state index in [1.165, 1.54) is 0 Å². The van der Waals surface area contributed by atoms with Crippen LogP contribution in [-0.2, 0) is 4.74 Å². The zero-order chi connectivity index (χ0) is 16.2. The minimum Gasteiger partial charge on any atom is -0.496 e. The third-order valence-electron chi connectivity index (χ3n) is 3.64.